The van der Waals surface area contributed by atoms with Gasteiger partial charge >= 0.3 is 5.97 Å². The monoisotopic (exact) mass is 540 g/mol. The zero-order valence-electron chi connectivity index (χ0n) is 23.9. The molecular weight excluding hydrogens is 496 g/mol. The molecule has 2 aliphatic rings. The first-order valence-corrected chi connectivity index (χ1v) is 15.9. The van der Waals surface area contributed by atoms with Crippen molar-refractivity contribution in [3.05, 3.63) is 57.1 Å². The van der Waals surface area contributed by atoms with Crippen LogP contribution in [0.15, 0.2) is 23.1 Å². The third kappa shape index (κ3) is 5.86. The standard InChI is InChI=1S/C32H44O5S/c1-19(2)23-16-26(20(3)4)30(27(17-23)21(5)6)32(33)37-31-25-15-11-10-14-24(25)29(38(34,35)36)18-28(31)22-12-8-7-9-13-22/h16-22H,7-15H2,1-6H3,(H,34,35,36). The summed E-state index contributed by atoms with van der Waals surface area (Å²) < 4.78 is 41.5. The van der Waals surface area contributed by atoms with Crippen LogP contribution in [0.2, 0.25) is 0 Å². The van der Waals surface area contributed by atoms with Crippen LogP contribution in [0.3, 0.4) is 0 Å². The molecule has 38 heavy (non-hydrogen) atoms. The fraction of sp³-hybridized carbons (Fsp3) is 0.594. The molecule has 0 spiro atoms. The minimum atomic E-state index is -4.39. The van der Waals surface area contributed by atoms with E-state index in [9.17, 15) is 17.8 Å². The summed E-state index contributed by atoms with van der Waals surface area (Å²) in [7, 11) is -4.39. The van der Waals surface area contributed by atoms with Gasteiger partial charge in [0.15, 0.2) is 0 Å². The van der Waals surface area contributed by atoms with E-state index in [2.05, 4.69) is 53.7 Å². The average Bonchev–Trinajstić information content (AvgIpc) is 2.87. The summed E-state index contributed by atoms with van der Waals surface area (Å²) in [6.07, 6.45) is 8.05. The third-order valence-corrected chi connectivity index (χ3v) is 9.36. The molecule has 0 unspecified atom stereocenters. The van der Waals surface area contributed by atoms with Crippen molar-refractivity contribution in [2.45, 2.75) is 128 Å². The minimum Gasteiger partial charge on any atom is -0.422 e. The van der Waals surface area contributed by atoms with Gasteiger partial charge in [0.2, 0.25) is 0 Å². The van der Waals surface area contributed by atoms with Gasteiger partial charge < -0.3 is 4.74 Å². The van der Waals surface area contributed by atoms with Crippen molar-refractivity contribution in [3.63, 3.8) is 0 Å². The first-order chi connectivity index (χ1) is 17.9. The van der Waals surface area contributed by atoms with E-state index >= 15 is 0 Å². The topological polar surface area (TPSA) is 80.7 Å². The largest absolute Gasteiger partial charge is 0.422 e. The Labute approximate surface area is 229 Å². The molecule has 0 heterocycles. The molecule has 1 saturated carbocycles. The lowest BCUT2D eigenvalue weighted by molar-refractivity contribution is 0.0726. The predicted molar refractivity (Wildman–Crippen MR) is 152 cm³/mol. The molecule has 1 fully saturated rings. The summed E-state index contributed by atoms with van der Waals surface area (Å²) in [6.45, 7) is 12.8. The normalized spacial score (nSPS) is 16.8. The van der Waals surface area contributed by atoms with E-state index in [0.717, 1.165) is 67.2 Å². The molecular formula is C32H44O5S. The van der Waals surface area contributed by atoms with E-state index in [1.165, 1.54) is 5.56 Å². The van der Waals surface area contributed by atoms with Crippen LogP contribution in [-0.4, -0.2) is 18.9 Å². The Hall–Kier alpha value is -2.18. The number of carbonyl (C=O) groups excluding carboxylic acids is 1. The molecule has 0 bridgehead atoms. The molecule has 2 aromatic rings. The van der Waals surface area contributed by atoms with Crippen LogP contribution in [0.5, 0.6) is 5.75 Å². The van der Waals surface area contributed by atoms with E-state index < -0.39 is 10.1 Å². The van der Waals surface area contributed by atoms with Gasteiger partial charge in [-0.2, -0.15) is 8.42 Å². The molecule has 4 rings (SSSR count). The number of rotatable bonds is 7. The summed E-state index contributed by atoms with van der Waals surface area (Å²) >= 11 is 0. The second kappa shape index (κ2) is 11.5. The summed E-state index contributed by atoms with van der Waals surface area (Å²) in [6, 6.07) is 5.92. The highest BCUT2D eigenvalue weighted by molar-refractivity contribution is 7.85. The zero-order chi connectivity index (χ0) is 27.8. The first-order valence-electron chi connectivity index (χ1n) is 14.5. The van der Waals surface area contributed by atoms with Crippen LogP contribution >= 0.6 is 0 Å². The molecule has 0 atom stereocenters. The Morgan fingerprint density at radius 3 is 1.87 bits per heavy atom. The number of benzene rings is 2. The van der Waals surface area contributed by atoms with Gasteiger partial charge in [-0.25, -0.2) is 4.79 Å². The van der Waals surface area contributed by atoms with Crippen molar-refractivity contribution in [1.29, 1.82) is 0 Å². The molecule has 0 saturated heterocycles. The molecule has 6 heteroatoms. The van der Waals surface area contributed by atoms with Gasteiger partial charge in [-0.05, 0) is 102 Å². The Bertz CT molecular complexity index is 1270. The molecule has 1 N–H and O–H groups in total. The lowest BCUT2D eigenvalue weighted by Crippen LogP contribution is -2.21. The van der Waals surface area contributed by atoms with Crippen LogP contribution < -0.4 is 4.74 Å². The molecule has 0 amide bonds. The average molecular weight is 541 g/mol. The summed E-state index contributed by atoms with van der Waals surface area (Å²) in [4.78, 5) is 14.2. The summed E-state index contributed by atoms with van der Waals surface area (Å²) in [5.41, 5.74) is 6.01. The second-order valence-electron chi connectivity index (χ2n) is 12.2. The SMILES string of the molecule is CC(C)c1cc(C(C)C)c(C(=O)Oc2c(C3CCCCC3)cc(S(=O)(=O)O)c3c2CCCC3)c(C(C)C)c1. The summed E-state index contributed by atoms with van der Waals surface area (Å²) in [5.74, 6) is 0.910. The van der Waals surface area contributed by atoms with Crippen molar-refractivity contribution in [2.24, 2.45) is 0 Å². The van der Waals surface area contributed by atoms with Gasteiger partial charge in [0.1, 0.15) is 5.75 Å². The molecule has 0 aliphatic heterocycles. The lowest BCUT2D eigenvalue weighted by Gasteiger charge is -2.29. The highest BCUT2D eigenvalue weighted by Gasteiger charge is 2.32. The van der Waals surface area contributed by atoms with Gasteiger partial charge in [0.25, 0.3) is 10.1 Å². The van der Waals surface area contributed by atoms with E-state index in [-0.39, 0.29) is 28.6 Å². The van der Waals surface area contributed by atoms with E-state index in [4.69, 9.17) is 4.74 Å². The molecule has 2 aromatic carbocycles. The van der Waals surface area contributed by atoms with Crippen LogP contribution in [0, 0.1) is 0 Å². The zero-order valence-corrected chi connectivity index (χ0v) is 24.7. The molecule has 0 aromatic heterocycles. The molecule has 0 radical (unpaired) electrons. The van der Waals surface area contributed by atoms with Crippen molar-refractivity contribution >= 4 is 16.1 Å². The first kappa shape index (κ1) is 28.8. The number of esters is 1. The fourth-order valence-corrected chi connectivity index (χ4v) is 7.11. The number of fused-ring (bicyclic) bond motifs is 1. The fourth-order valence-electron chi connectivity index (χ4n) is 6.30. The van der Waals surface area contributed by atoms with Gasteiger partial charge in [0.05, 0.1) is 10.5 Å². The van der Waals surface area contributed by atoms with Crippen LogP contribution in [0.1, 0.15) is 154 Å². The van der Waals surface area contributed by atoms with Crippen LogP contribution in [-0.2, 0) is 23.0 Å². The second-order valence-corrected chi connectivity index (χ2v) is 13.6. The van der Waals surface area contributed by atoms with E-state index in [1.807, 2.05) is 0 Å². The van der Waals surface area contributed by atoms with Crippen LogP contribution in [0.4, 0.5) is 0 Å². The Morgan fingerprint density at radius 1 is 0.816 bits per heavy atom. The number of ether oxygens (including phenoxy) is 1. The molecule has 5 nitrogen and oxygen atoms in total. The van der Waals surface area contributed by atoms with Gasteiger partial charge in [-0.3, -0.25) is 4.55 Å². The van der Waals surface area contributed by atoms with Gasteiger partial charge in [-0.15, -0.1) is 0 Å². The quantitative estimate of drug-likeness (QED) is 0.216. The van der Waals surface area contributed by atoms with Crippen molar-refractivity contribution < 1.29 is 22.5 Å². The van der Waals surface area contributed by atoms with Crippen LogP contribution in [0.25, 0.3) is 0 Å². The highest BCUT2D eigenvalue weighted by Crippen LogP contribution is 2.45. The Morgan fingerprint density at radius 2 is 1.37 bits per heavy atom. The number of carbonyl (C=O) groups is 1. The smallest absolute Gasteiger partial charge is 0.344 e. The number of hydrogen-bond donors (Lipinski definition) is 1. The Kier molecular flexibility index (Phi) is 8.73. The minimum absolute atomic E-state index is 0.000373. The van der Waals surface area contributed by atoms with Gasteiger partial charge in [0, 0.05) is 0 Å². The maximum atomic E-state index is 14.2. The van der Waals surface area contributed by atoms with Crippen molar-refractivity contribution in [2.75, 3.05) is 0 Å². The highest BCUT2D eigenvalue weighted by atomic mass is 32.2. The van der Waals surface area contributed by atoms with E-state index in [1.54, 1.807) is 6.07 Å². The Balaban J connectivity index is 1.92. The van der Waals surface area contributed by atoms with Crippen molar-refractivity contribution in [1.82, 2.24) is 0 Å². The maximum absolute atomic E-state index is 14.2. The molecule has 208 valence electrons. The summed E-state index contributed by atoms with van der Waals surface area (Å²) in [5, 5.41) is 0. The van der Waals surface area contributed by atoms with Crippen molar-refractivity contribution in [3.8, 4) is 5.75 Å². The predicted octanol–water partition coefficient (Wildman–Crippen LogP) is 8.45. The molecule has 2 aliphatic carbocycles. The van der Waals surface area contributed by atoms with E-state index in [0.29, 0.717) is 35.6 Å². The third-order valence-electron chi connectivity index (χ3n) is 8.44. The lowest BCUT2D eigenvalue weighted by atomic mass is 9.80. The number of hydrogen-bond acceptors (Lipinski definition) is 4. The van der Waals surface area contributed by atoms with Gasteiger partial charge in [-0.1, -0.05) is 72.9 Å². The maximum Gasteiger partial charge on any atom is 0.344 e.